The van der Waals surface area contributed by atoms with Crippen LogP contribution >= 0.6 is 27.7 Å². The maximum absolute atomic E-state index is 13.1. The molecule has 186 valence electrons. The first-order valence-electron chi connectivity index (χ1n) is 10.4. The van der Waals surface area contributed by atoms with E-state index < -0.39 is 12.3 Å². The SMILES string of the molecule is Cc1cc(C)nc(SCc2c(C(=O)Nc3cccc(Br)c3)nnn2-c2ccc(OC(F)(F)F)cc2)n1. The third-order valence-corrected chi connectivity index (χ3v) is 6.03. The summed E-state index contributed by atoms with van der Waals surface area (Å²) in [6, 6.07) is 14.0. The summed E-state index contributed by atoms with van der Waals surface area (Å²) in [6.07, 6.45) is -4.81. The summed E-state index contributed by atoms with van der Waals surface area (Å²) in [5.74, 6) is -0.648. The number of benzene rings is 2. The van der Waals surface area contributed by atoms with E-state index in [0.29, 0.717) is 22.2 Å². The third kappa shape index (κ3) is 6.61. The topological polar surface area (TPSA) is 94.8 Å². The summed E-state index contributed by atoms with van der Waals surface area (Å²) in [6.45, 7) is 3.71. The van der Waals surface area contributed by atoms with Gasteiger partial charge in [0.15, 0.2) is 10.9 Å². The van der Waals surface area contributed by atoms with Gasteiger partial charge >= 0.3 is 6.36 Å². The average Bonchev–Trinajstić information content (AvgIpc) is 3.20. The second-order valence-corrected chi connectivity index (χ2v) is 9.38. The van der Waals surface area contributed by atoms with E-state index in [1.54, 1.807) is 18.2 Å². The Morgan fingerprint density at radius 1 is 1.08 bits per heavy atom. The molecule has 2 aromatic heterocycles. The van der Waals surface area contributed by atoms with Crippen molar-refractivity contribution in [3.63, 3.8) is 0 Å². The van der Waals surface area contributed by atoms with E-state index in [1.165, 1.54) is 28.6 Å². The second-order valence-electron chi connectivity index (χ2n) is 7.52. The quantitative estimate of drug-likeness (QED) is 0.216. The van der Waals surface area contributed by atoms with Crippen LogP contribution in [0, 0.1) is 13.8 Å². The van der Waals surface area contributed by atoms with Crippen LogP contribution in [0.4, 0.5) is 18.9 Å². The molecule has 4 aromatic rings. The third-order valence-electron chi connectivity index (χ3n) is 4.68. The summed E-state index contributed by atoms with van der Waals surface area (Å²) in [7, 11) is 0. The molecular weight excluding hydrogens is 561 g/mol. The number of amides is 1. The molecule has 2 aromatic carbocycles. The van der Waals surface area contributed by atoms with Crippen LogP contribution in [0.1, 0.15) is 27.6 Å². The highest BCUT2D eigenvalue weighted by atomic mass is 79.9. The van der Waals surface area contributed by atoms with Crippen molar-refractivity contribution >= 4 is 39.3 Å². The van der Waals surface area contributed by atoms with Crippen molar-refractivity contribution in [2.24, 2.45) is 0 Å². The van der Waals surface area contributed by atoms with Crippen molar-refractivity contribution in [3.05, 3.63) is 81.8 Å². The molecule has 0 saturated heterocycles. The molecule has 0 unspecified atom stereocenters. The molecule has 0 radical (unpaired) electrons. The van der Waals surface area contributed by atoms with Crippen LogP contribution in [-0.2, 0) is 5.75 Å². The van der Waals surface area contributed by atoms with Gasteiger partial charge in [-0.1, -0.05) is 39.0 Å². The van der Waals surface area contributed by atoms with Gasteiger partial charge in [-0.3, -0.25) is 4.79 Å². The Bertz CT molecular complexity index is 1380. The van der Waals surface area contributed by atoms with E-state index in [0.717, 1.165) is 28.0 Å². The predicted octanol–water partition coefficient (Wildman–Crippen LogP) is 5.88. The van der Waals surface area contributed by atoms with Crippen LogP contribution in [0.25, 0.3) is 5.69 Å². The number of rotatable bonds is 7. The number of carbonyl (C=O) groups excluding carboxylic acids is 1. The zero-order chi connectivity index (χ0) is 25.9. The number of ether oxygens (including phenoxy) is 1. The van der Waals surface area contributed by atoms with E-state index in [9.17, 15) is 18.0 Å². The van der Waals surface area contributed by atoms with Gasteiger partial charge in [-0.05, 0) is 62.4 Å². The predicted molar refractivity (Wildman–Crippen MR) is 131 cm³/mol. The lowest BCUT2D eigenvalue weighted by Crippen LogP contribution is -2.17. The molecule has 1 N–H and O–H groups in total. The van der Waals surface area contributed by atoms with E-state index >= 15 is 0 Å². The van der Waals surface area contributed by atoms with Gasteiger partial charge in [0, 0.05) is 27.3 Å². The van der Waals surface area contributed by atoms with Gasteiger partial charge in [0.25, 0.3) is 5.91 Å². The van der Waals surface area contributed by atoms with Gasteiger partial charge in [-0.2, -0.15) is 0 Å². The van der Waals surface area contributed by atoms with Crippen molar-refractivity contribution < 1.29 is 22.7 Å². The number of aromatic nitrogens is 5. The van der Waals surface area contributed by atoms with E-state index in [4.69, 9.17) is 0 Å². The molecule has 0 bridgehead atoms. The van der Waals surface area contributed by atoms with Gasteiger partial charge in [0.2, 0.25) is 0 Å². The molecule has 0 aliphatic heterocycles. The van der Waals surface area contributed by atoms with Crippen molar-refractivity contribution in [2.75, 3.05) is 5.32 Å². The van der Waals surface area contributed by atoms with Crippen LogP contribution < -0.4 is 10.1 Å². The van der Waals surface area contributed by atoms with Crippen LogP contribution in [0.3, 0.4) is 0 Å². The monoisotopic (exact) mass is 578 g/mol. The van der Waals surface area contributed by atoms with Crippen LogP contribution in [-0.4, -0.2) is 37.2 Å². The normalized spacial score (nSPS) is 11.4. The van der Waals surface area contributed by atoms with E-state index in [1.807, 2.05) is 26.0 Å². The molecule has 0 fully saturated rings. The Morgan fingerprint density at radius 3 is 2.42 bits per heavy atom. The fraction of sp³-hybridized carbons (Fsp3) is 0.174. The van der Waals surface area contributed by atoms with Gasteiger partial charge < -0.3 is 10.1 Å². The molecule has 0 aliphatic carbocycles. The lowest BCUT2D eigenvalue weighted by Gasteiger charge is -2.11. The number of carbonyl (C=O) groups is 1. The maximum atomic E-state index is 13.1. The number of hydrogen-bond acceptors (Lipinski definition) is 7. The molecule has 0 atom stereocenters. The number of nitrogens with zero attached hydrogens (tertiary/aromatic N) is 5. The first kappa shape index (κ1) is 25.6. The first-order valence-corrected chi connectivity index (χ1v) is 12.2. The highest BCUT2D eigenvalue weighted by Crippen LogP contribution is 2.27. The molecule has 8 nitrogen and oxygen atoms in total. The Labute approximate surface area is 216 Å². The molecule has 0 aliphatic rings. The van der Waals surface area contributed by atoms with E-state index in [2.05, 4.69) is 46.3 Å². The fourth-order valence-electron chi connectivity index (χ4n) is 3.25. The lowest BCUT2D eigenvalue weighted by molar-refractivity contribution is -0.274. The highest BCUT2D eigenvalue weighted by Gasteiger charge is 2.31. The van der Waals surface area contributed by atoms with Crippen molar-refractivity contribution in [3.8, 4) is 11.4 Å². The molecule has 4 rings (SSSR count). The summed E-state index contributed by atoms with van der Waals surface area (Å²) in [5, 5.41) is 11.5. The Kier molecular flexibility index (Phi) is 7.59. The molecule has 1 amide bonds. The number of anilines is 1. The Hall–Kier alpha value is -3.45. The Balaban J connectivity index is 1.66. The van der Waals surface area contributed by atoms with Gasteiger partial charge in [-0.15, -0.1) is 18.3 Å². The smallest absolute Gasteiger partial charge is 0.406 e. The van der Waals surface area contributed by atoms with Gasteiger partial charge in [0.1, 0.15) is 5.75 Å². The summed E-state index contributed by atoms with van der Waals surface area (Å²) in [5.41, 5.74) is 3.01. The minimum Gasteiger partial charge on any atom is -0.406 e. The number of thioether (sulfide) groups is 1. The molecular formula is C23H18BrF3N6O2S. The van der Waals surface area contributed by atoms with Crippen LogP contribution in [0.2, 0.25) is 0 Å². The number of aryl methyl sites for hydroxylation is 2. The standard InChI is InChI=1S/C23H18BrF3N6O2S/c1-13-10-14(2)29-22(28-13)36-12-19-20(21(34)30-16-5-3-4-15(24)11-16)31-32-33(19)17-6-8-18(9-7-17)35-23(25,26)27/h3-11H,12H2,1-2H3,(H,30,34). The van der Waals surface area contributed by atoms with Crippen molar-refractivity contribution in [2.45, 2.75) is 31.1 Å². The van der Waals surface area contributed by atoms with Gasteiger partial charge in [-0.25, -0.2) is 14.6 Å². The summed E-state index contributed by atoms with van der Waals surface area (Å²) >= 11 is 4.65. The highest BCUT2D eigenvalue weighted by molar-refractivity contribution is 9.10. The molecule has 13 heteroatoms. The minimum absolute atomic E-state index is 0.0578. The molecule has 0 saturated carbocycles. The Morgan fingerprint density at radius 2 is 1.78 bits per heavy atom. The van der Waals surface area contributed by atoms with Crippen LogP contribution in [0.15, 0.2) is 64.2 Å². The minimum atomic E-state index is -4.81. The van der Waals surface area contributed by atoms with E-state index in [-0.39, 0.29) is 17.2 Å². The largest absolute Gasteiger partial charge is 0.573 e. The summed E-state index contributed by atoms with van der Waals surface area (Å²) < 4.78 is 43.7. The average molecular weight is 579 g/mol. The zero-order valence-corrected chi connectivity index (χ0v) is 21.3. The number of alkyl halides is 3. The number of nitrogens with one attached hydrogen (secondary N) is 1. The molecule has 0 spiro atoms. The zero-order valence-electron chi connectivity index (χ0n) is 18.9. The van der Waals surface area contributed by atoms with Crippen molar-refractivity contribution in [1.82, 2.24) is 25.0 Å². The maximum Gasteiger partial charge on any atom is 0.573 e. The lowest BCUT2D eigenvalue weighted by atomic mass is 10.2. The second kappa shape index (κ2) is 10.7. The first-order chi connectivity index (χ1) is 17.1. The molecule has 2 heterocycles. The van der Waals surface area contributed by atoms with Gasteiger partial charge in [0.05, 0.1) is 11.4 Å². The fourth-order valence-corrected chi connectivity index (χ4v) is 4.59. The van der Waals surface area contributed by atoms with Crippen LogP contribution in [0.5, 0.6) is 5.75 Å². The summed E-state index contributed by atoms with van der Waals surface area (Å²) in [4.78, 5) is 21.9. The number of halogens is 4. The molecule has 36 heavy (non-hydrogen) atoms. The van der Waals surface area contributed by atoms with Crippen molar-refractivity contribution in [1.29, 1.82) is 0 Å². The number of hydrogen-bond donors (Lipinski definition) is 1.